The van der Waals surface area contributed by atoms with Gasteiger partial charge in [0.15, 0.2) is 0 Å². The third-order valence-electron chi connectivity index (χ3n) is 3.41. The van der Waals surface area contributed by atoms with Gasteiger partial charge in [0.2, 0.25) is 10.0 Å². The molecule has 0 saturated carbocycles. The highest BCUT2D eigenvalue weighted by Crippen LogP contribution is 2.43. The third-order valence-corrected chi connectivity index (χ3v) is 4.88. The number of allylic oxidation sites excluding steroid dienone is 1. The van der Waals surface area contributed by atoms with E-state index >= 15 is 0 Å². The molecule has 0 bridgehead atoms. The molecular formula is C13H12F3NO4S. The number of hydrogen-bond acceptors (Lipinski definition) is 4. The normalized spacial score (nSPS) is 22.9. The molecule has 0 radical (unpaired) electrons. The van der Waals surface area contributed by atoms with E-state index in [1.807, 2.05) is 0 Å². The van der Waals surface area contributed by atoms with Crippen LogP contribution in [0.3, 0.4) is 0 Å². The molecule has 1 N–H and O–H groups in total. The van der Waals surface area contributed by atoms with Crippen LogP contribution in [0.25, 0.3) is 0 Å². The molecule has 9 heteroatoms. The first kappa shape index (κ1) is 16.5. The van der Waals surface area contributed by atoms with E-state index in [0.717, 1.165) is 26.0 Å². The standard InChI is InChI=1S/C13H12F3NO4S/c1-8-9(2)21-11(18)12(8,13(14,15)16)17-22(19,20)10-6-4-3-5-7-10/h3-7,17H,1-2H3/t12-/m1/s1. The largest absolute Gasteiger partial charge is 0.429 e. The highest BCUT2D eigenvalue weighted by molar-refractivity contribution is 7.89. The number of benzene rings is 1. The molecular weight excluding hydrogens is 323 g/mol. The molecule has 0 spiro atoms. The number of ether oxygens (including phenoxy) is 1. The summed E-state index contributed by atoms with van der Waals surface area (Å²) in [5.41, 5.74) is -3.95. The van der Waals surface area contributed by atoms with Crippen molar-refractivity contribution in [2.45, 2.75) is 30.5 Å². The molecule has 120 valence electrons. The van der Waals surface area contributed by atoms with Crippen molar-refractivity contribution in [1.82, 2.24) is 4.72 Å². The van der Waals surface area contributed by atoms with E-state index in [4.69, 9.17) is 0 Å². The van der Waals surface area contributed by atoms with Crippen LogP contribution in [-0.4, -0.2) is 26.1 Å². The number of sulfonamides is 1. The summed E-state index contributed by atoms with van der Waals surface area (Å²) in [6.07, 6.45) is -5.19. The molecule has 1 aromatic carbocycles. The number of rotatable bonds is 3. The van der Waals surface area contributed by atoms with Gasteiger partial charge in [0.05, 0.1) is 4.90 Å². The Morgan fingerprint density at radius 3 is 2.09 bits per heavy atom. The van der Waals surface area contributed by atoms with Crippen LogP contribution in [0.5, 0.6) is 0 Å². The van der Waals surface area contributed by atoms with Gasteiger partial charge in [0.1, 0.15) is 5.76 Å². The summed E-state index contributed by atoms with van der Waals surface area (Å²) >= 11 is 0. The van der Waals surface area contributed by atoms with Gasteiger partial charge in [-0.1, -0.05) is 18.2 Å². The lowest BCUT2D eigenvalue weighted by molar-refractivity contribution is -0.192. The van der Waals surface area contributed by atoms with Crippen LogP contribution in [0.2, 0.25) is 0 Å². The number of alkyl halides is 3. The molecule has 0 aliphatic carbocycles. The van der Waals surface area contributed by atoms with Gasteiger partial charge in [0, 0.05) is 5.57 Å². The molecule has 1 aliphatic heterocycles. The minimum Gasteiger partial charge on any atom is -0.429 e. The van der Waals surface area contributed by atoms with E-state index in [1.165, 1.54) is 22.9 Å². The van der Waals surface area contributed by atoms with Gasteiger partial charge in [-0.2, -0.15) is 17.9 Å². The monoisotopic (exact) mass is 335 g/mol. The number of halogens is 3. The first-order chi connectivity index (χ1) is 10.0. The van der Waals surface area contributed by atoms with Crippen LogP contribution in [0, 0.1) is 0 Å². The molecule has 2 rings (SSSR count). The number of carbonyl (C=O) groups is 1. The SMILES string of the molecule is CC1=C(C)[C@](NS(=O)(=O)c2ccccc2)(C(F)(F)F)C(=O)O1. The van der Waals surface area contributed by atoms with E-state index in [1.54, 1.807) is 0 Å². The zero-order valence-electron chi connectivity index (χ0n) is 11.6. The number of esters is 1. The summed E-state index contributed by atoms with van der Waals surface area (Å²) in [4.78, 5) is 11.4. The Balaban J connectivity index is 2.58. The molecule has 5 nitrogen and oxygen atoms in total. The molecule has 1 heterocycles. The predicted molar refractivity (Wildman–Crippen MR) is 70.0 cm³/mol. The first-order valence-electron chi connectivity index (χ1n) is 6.08. The maximum Gasteiger partial charge on any atom is 0.422 e. The fraction of sp³-hybridized carbons (Fsp3) is 0.308. The molecule has 0 saturated heterocycles. The lowest BCUT2D eigenvalue weighted by atomic mass is 9.92. The Morgan fingerprint density at radius 2 is 1.68 bits per heavy atom. The highest BCUT2D eigenvalue weighted by atomic mass is 32.2. The second kappa shape index (κ2) is 5.10. The number of hydrogen-bond donors (Lipinski definition) is 1. The van der Waals surface area contributed by atoms with Crippen molar-refractivity contribution >= 4 is 16.0 Å². The maximum absolute atomic E-state index is 13.5. The van der Waals surface area contributed by atoms with Crippen molar-refractivity contribution in [2.75, 3.05) is 0 Å². The lowest BCUT2D eigenvalue weighted by Crippen LogP contribution is -2.63. The Morgan fingerprint density at radius 1 is 1.14 bits per heavy atom. The van der Waals surface area contributed by atoms with Gasteiger partial charge in [-0.3, -0.25) is 0 Å². The highest BCUT2D eigenvalue weighted by Gasteiger charge is 2.68. The van der Waals surface area contributed by atoms with Crippen molar-refractivity contribution in [3.8, 4) is 0 Å². The third kappa shape index (κ3) is 2.40. The number of nitrogens with one attached hydrogen (secondary N) is 1. The van der Waals surface area contributed by atoms with Crippen molar-refractivity contribution in [3.63, 3.8) is 0 Å². The van der Waals surface area contributed by atoms with Gasteiger partial charge >= 0.3 is 12.1 Å². The maximum atomic E-state index is 13.5. The Hall–Kier alpha value is -1.87. The van der Waals surface area contributed by atoms with E-state index in [9.17, 15) is 26.4 Å². The van der Waals surface area contributed by atoms with Crippen molar-refractivity contribution in [1.29, 1.82) is 0 Å². The van der Waals surface area contributed by atoms with Crippen molar-refractivity contribution < 1.29 is 31.1 Å². The summed E-state index contributed by atoms with van der Waals surface area (Å²) in [5, 5.41) is 0. The number of cyclic esters (lactones) is 1. The van der Waals surface area contributed by atoms with Crippen LogP contribution in [0.1, 0.15) is 13.8 Å². The molecule has 0 aromatic heterocycles. The van der Waals surface area contributed by atoms with Gasteiger partial charge in [0.25, 0.3) is 5.54 Å². The van der Waals surface area contributed by atoms with E-state index < -0.39 is 33.3 Å². The van der Waals surface area contributed by atoms with Gasteiger partial charge in [-0.05, 0) is 26.0 Å². The molecule has 1 aliphatic rings. The fourth-order valence-corrected chi connectivity index (χ4v) is 3.46. The summed E-state index contributed by atoms with van der Waals surface area (Å²) < 4.78 is 70.8. The molecule has 1 atom stereocenters. The Kier molecular flexibility index (Phi) is 3.82. The average molecular weight is 335 g/mol. The van der Waals surface area contributed by atoms with E-state index in [2.05, 4.69) is 4.74 Å². The lowest BCUT2D eigenvalue weighted by Gasteiger charge is -2.29. The van der Waals surface area contributed by atoms with Gasteiger partial charge < -0.3 is 4.74 Å². The van der Waals surface area contributed by atoms with Crippen molar-refractivity contribution in [2.24, 2.45) is 0 Å². The topological polar surface area (TPSA) is 72.5 Å². The first-order valence-corrected chi connectivity index (χ1v) is 7.56. The average Bonchev–Trinajstić information content (AvgIpc) is 2.63. The van der Waals surface area contributed by atoms with Crippen molar-refractivity contribution in [3.05, 3.63) is 41.7 Å². The molecule has 0 fully saturated rings. The van der Waals surface area contributed by atoms with Crippen LogP contribution in [-0.2, 0) is 19.6 Å². The van der Waals surface area contributed by atoms with E-state index in [0.29, 0.717) is 0 Å². The minimum atomic E-state index is -5.19. The van der Waals surface area contributed by atoms with E-state index in [-0.39, 0.29) is 10.7 Å². The van der Waals surface area contributed by atoms with Crippen LogP contribution in [0.15, 0.2) is 46.6 Å². The smallest absolute Gasteiger partial charge is 0.422 e. The summed E-state index contributed by atoms with van der Waals surface area (Å²) in [5.74, 6) is -1.99. The Labute approximate surface area is 124 Å². The van der Waals surface area contributed by atoms with Crippen LogP contribution in [0.4, 0.5) is 13.2 Å². The molecule has 0 amide bonds. The molecule has 0 unspecified atom stereocenters. The summed E-state index contributed by atoms with van der Waals surface area (Å²) in [7, 11) is -4.58. The van der Waals surface area contributed by atoms with Crippen LogP contribution < -0.4 is 4.72 Å². The molecule has 22 heavy (non-hydrogen) atoms. The second-order valence-corrected chi connectivity index (χ2v) is 6.42. The Bertz CT molecular complexity index is 740. The predicted octanol–water partition coefficient (Wildman–Crippen LogP) is 2.12. The summed E-state index contributed by atoms with van der Waals surface area (Å²) in [6.45, 7) is 2.17. The van der Waals surface area contributed by atoms with Gasteiger partial charge in [-0.15, -0.1) is 0 Å². The zero-order chi connectivity index (χ0) is 16.8. The van der Waals surface area contributed by atoms with Crippen LogP contribution >= 0.6 is 0 Å². The fourth-order valence-electron chi connectivity index (χ4n) is 2.07. The minimum absolute atomic E-state index is 0.280. The summed E-state index contributed by atoms with van der Waals surface area (Å²) in [6, 6.07) is 6.47. The zero-order valence-corrected chi connectivity index (χ0v) is 12.4. The van der Waals surface area contributed by atoms with Gasteiger partial charge in [-0.25, -0.2) is 13.2 Å². The number of carbonyl (C=O) groups excluding carboxylic acids is 1. The second-order valence-electron chi connectivity index (χ2n) is 4.74. The quantitative estimate of drug-likeness (QED) is 0.859. The molecule has 1 aromatic rings.